The van der Waals surface area contributed by atoms with E-state index in [-0.39, 0.29) is 11.5 Å². The molecular formula is C16H26N4O3. The van der Waals surface area contributed by atoms with Crippen molar-refractivity contribution >= 4 is 5.91 Å². The van der Waals surface area contributed by atoms with Crippen molar-refractivity contribution in [3.8, 4) is 0 Å². The first-order valence-electron chi connectivity index (χ1n) is 8.45. The summed E-state index contributed by atoms with van der Waals surface area (Å²) >= 11 is 0. The van der Waals surface area contributed by atoms with Crippen LogP contribution >= 0.6 is 0 Å². The fraction of sp³-hybridized carbons (Fsp3) is 0.812. The quantitative estimate of drug-likeness (QED) is 0.894. The smallest absolute Gasteiger partial charge is 0.222 e. The van der Waals surface area contributed by atoms with Crippen LogP contribution in [0.1, 0.15) is 45.4 Å². The molecule has 1 amide bonds. The summed E-state index contributed by atoms with van der Waals surface area (Å²) in [5.41, 5.74) is -0.874. The lowest BCUT2D eigenvalue weighted by Gasteiger charge is -2.48. The lowest BCUT2D eigenvalue weighted by atomic mass is 9.78. The number of hydrogen-bond donors (Lipinski definition) is 1. The standard InChI is InChI=1S/C16H26N4O3/c1-15(22)6-10-23-16(11-15)4-8-19(9-5-16)14(21)3-2-7-20-13-17-12-18-20/h12-13,22H,2-11H2,1H3. The molecule has 7 nitrogen and oxygen atoms in total. The van der Waals surface area contributed by atoms with E-state index in [0.717, 1.165) is 38.9 Å². The minimum atomic E-state index is -0.637. The second-order valence-corrected chi connectivity index (χ2v) is 7.10. The molecule has 3 heterocycles. The molecule has 0 aromatic carbocycles. The number of aromatic nitrogens is 3. The first kappa shape index (κ1) is 16.4. The SMILES string of the molecule is CC1(O)CCOC2(CCN(C(=O)CCCn3cncn3)CC2)C1. The Balaban J connectivity index is 1.44. The van der Waals surface area contributed by atoms with Crippen LogP contribution in [0, 0.1) is 0 Å². The normalized spacial score (nSPS) is 27.3. The van der Waals surface area contributed by atoms with Gasteiger partial charge in [-0.2, -0.15) is 5.10 Å². The van der Waals surface area contributed by atoms with Gasteiger partial charge in [0.25, 0.3) is 0 Å². The number of carbonyl (C=O) groups is 1. The average Bonchev–Trinajstić information content (AvgIpc) is 3.00. The first-order chi connectivity index (χ1) is 11.0. The van der Waals surface area contributed by atoms with E-state index in [1.54, 1.807) is 11.0 Å². The van der Waals surface area contributed by atoms with E-state index in [0.29, 0.717) is 25.9 Å². The average molecular weight is 322 g/mol. The van der Waals surface area contributed by atoms with Crippen molar-refractivity contribution in [3.63, 3.8) is 0 Å². The van der Waals surface area contributed by atoms with E-state index in [1.807, 2.05) is 11.8 Å². The van der Waals surface area contributed by atoms with E-state index in [4.69, 9.17) is 4.74 Å². The van der Waals surface area contributed by atoms with Crippen molar-refractivity contribution in [1.82, 2.24) is 19.7 Å². The molecule has 2 aliphatic heterocycles. The molecule has 0 aliphatic carbocycles. The minimum Gasteiger partial charge on any atom is -0.390 e. The lowest BCUT2D eigenvalue weighted by molar-refractivity contribution is -0.175. The summed E-state index contributed by atoms with van der Waals surface area (Å²) in [5.74, 6) is 0.197. The number of likely N-dealkylation sites (tertiary alicyclic amines) is 1. The van der Waals surface area contributed by atoms with Crippen LogP contribution in [-0.2, 0) is 16.1 Å². The molecule has 128 valence electrons. The number of carbonyl (C=O) groups excluding carboxylic acids is 1. The van der Waals surface area contributed by atoms with Gasteiger partial charge in [0.05, 0.1) is 17.8 Å². The zero-order valence-corrected chi connectivity index (χ0v) is 13.8. The van der Waals surface area contributed by atoms with E-state index >= 15 is 0 Å². The second kappa shape index (κ2) is 6.57. The van der Waals surface area contributed by atoms with Crippen molar-refractivity contribution in [3.05, 3.63) is 12.7 Å². The molecular weight excluding hydrogens is 296 g/mol. The lowest BCUT2D eigenvalue weighted by Crippen LogP contribution is -2.54. The van der Waals surface area contributed by atoms with Crippen LogP contribution in [0.5, 0.6) is 0 Å². The van der Waals surface area contributed by atoms with Crippen LogP contribution in [0.15, 0.2) is 12.7 Å². The molecule has 1 N–H and O–H groups in total. The fourth-order valence-corrected chi connectivity index (χ4v) is 3.70. The van der Waals surface area contributed by atoms with Crippen molar-refractivity contribution in [2.24, 2.45) is 0 Å². The Morgan fingerprint density at radius 2 is 2.13 bits per heavy atom. The topological polar surface area (TPSA) is 80.5 Å². The summed E-state index contributed by atoms with van der Waals surface area (Å²) in [6, 6.07) is 0. The predicted octanol–water partition coefficient (Wildman–Crippen LogP) is 0.981. The van der Waals surface area contributed by atoms with Crippen LogP contribution in [0.4, 0.5) is 0 Å². The fourth-order valence-electron chi connectivity index (χ4n) is 3.70. The van der Waals surface area contributed by atoms with Crippen molar-refractivity contribution in [2.75, 3.05) is 19.7 Å². The number of amides is 1. The Morgan fingerprint density at radius 1 is 1.35 bits per heavy atom. The highest BCUT2D eigenvalue weighted by molar-refractivity contribution is 5.76. The Labute approximate surface area is 136 Å². The molecule has 7 heteroatoms. The predicted molar refractivity (Wildman–Crippen MR) is 83.6 cm³/mol. The molecule has 1 aromatic heterocycles. The number of hydrogen-bond acceptors (Lipinski definition) is 5. The summed E-state index contributed by atoms with van der Waals surface area (Å²) < 4.78 is 7.73. The van der Waals surface area contributed by atoms with Gasteiger partial charge >= 0.3 is 0 Å². The number of piperidine rings is 1. The number of aliphatic hydroxyl groups is 1. The monoisotopic (exact) mass is 322 g/mol. The molecule has 0 saturated carbocycles. The summed E-state index contributed by atoms with van der Waals surface area (Å²) in [4.78, 5) is 18.1. The first-order valence-corrected chi connectivity index (χ1v) is 8.45. The van der Waals surface area contributed by atoms with Gasteiger partial charge in [0.2, 0.25) is 5.91 Å². The Kier molecular flexibility index (Phi) is 4.68. The number of ether oxygens (including phenoxy) is 1. The minimum absolute atomic E-state index is 0.197. The number of nitrogens with zero attached hydrogens (tertiary/aromatic N) is 4. The highest BCUT2D eigenvalue weighted by Gasteiger charge is 2.44. The third-order valence-electron chi connectivity index (χ3n) is 5.02. The van der Waals surface area contributed by atoms with Crippen LogP contribution < -0.4 is 0 Å². The molecule has 1 spiro atoms. The zero-order valence-electron chi connectivity index (χ0n) is 13.8. The third-order valence-corrected chi connectivity index (χ3v) is 5.02. The van der Waals surface area contributed by atoms with Gasteiger partial charge in [-0.25, -0.2) is 4.98 Å². The summed E-state index contributed by atoms with van der Waals surface area (Å²) in [7, 11) is 0. The van der Waals surface area contributed by atoms with Gasteiger partial charge in [-0.1, -0.05) is 0 Å². The third kappa shape index (κ3) is 4.09. The van der Waals surface area contributed by atoms with Crippen LogP contribution in [-0.4, -0.2) is 61.6 Å². The van der Waals surface area contributed by atoms with Crippen molar-refractivity contribution < 1.29 is 14.6 Å². The van der Waals surface area contributed by atoms with Crippen LogP contribution in [0.3, 0.4) is 0 Å². The molecule has 2 fully saturated rings. The van der Waals surface area contributed by atoms with E-state index < -0.39 is 5.60 Å². The van der Waals surface area contributed by atoms with Gasteiger partial charge in [-0.3, -0.25) is 9.48 Å². The molecule has 1 unspecified atom stereocenters. The van der Waals surface area contributed by atoms with Crippen molar-refractivity contribution in [2.45, 2.75) is 63.2 Å². The largest absolute Gasteiger partial charge is 0.390 e. The zero-order chi connectivity index (χ0) is 16.3. The summed E-state index contributed by atoms with van der Waals surface area (Å²) in [6.07, 6.45) is 7.48. The molecule has 3 rings (SSSR count). The molecule has 23 heavy (non-hydrogen) atoms. The number of rotatable bonds is 4. The Morgan fingerprint density at radius 3 is 2.78 bits per heavy atom. The molecule has 1 aromatic rings. The van der Waals surface area contributed by atoms with Gasteiger partial charge in [0.15, 0.2) is 0 Å². The highest BCUT2D eigenvalue weighted by Crippen LogP contribution is 2.39. The van der Waals surface area contributed by atoms with Crippen molar-refractivity contribution in [1.29, 1.82) is 0 Å². The van der Waals surface area contributed by atoms with Gasteiger partial charge in [0, 0.05) is 32.5 Å². The highest BCUT2D eigenvalue weighted by atomic mass is 16.5. The van der Waals surface area contributed by atoms with Gasteiger partial charge in [0.1, 0.15) is 12.7 Å². The van der Waals surface area contributed by atoms with E-state index in [9.17, 15) is 9.90 Å². The molecule has 0 radical (unpaired) electrons. The maximum Gasteiger partial charge on any atom is 0.222 e. The maximum absolute atomic E-state index is 12.3. The van der Waals surface area contributed by atoms with E-state index in [1.165, 1.54) is 6.33 Å². The second-order valence-electron chi connectivity index (χ2n) is 7.10. The van der Waals surface area contributed by atoms with Gasteiger partial charge < -0.3 is 14.7 Å². The molecule has 1 atom stereocenters. The number of aryl methyl sites for hydroxylation is 1. The van der Waals surface area contributed by atoms with Crippen LogP contribution in [0.2, 0.25) is 0 Å². The maximum atomic E-state index is 12.3. The Bertz CT molecular complexity index is 521. The van der Waals surface area contributed by atoms with Crippen LogP contribution in [0.25, 0.3) is 0 Å². The molecule has 2 saturated heterocycles. The van der Waals surface area contributed by atoms with E-state index in [2.05, 4.69) is 10.1 Å². The van der Waals surface area contributed by atoms with Gasteiger partial charge in [-0.15, -0.1) is 0 Å². The Hall–Kier alpha value is -1.47. The summed E-state index contributed by atoms with van der Waals surface area (Å²) in [6.45, 7) is 4.66. The van der Waals surface area contributed by atoms with Gasteiger partial charge in [-0.05, 0) is 32.6 Å². The molecule has 2 aliphatic rings. The molecule has 0 bridgehead atoms. The summed E-state index contributed by atoms with van der Waals surface area (Å²) in [5, 5.41) is 14.3.